The van der Waals surface area contributed by atoms with Crippen molar-refractivity contribution in [2.75, 3.05) is 13.1 Å². The lowest BCUT2D eigenvalue weighted by molar-refractivity contribution is -0.386. The predicted molar refractivity (Wildman–Crippen MR) is 50.3 cm³/mol. The van der Waals surface area contributed by atoms with Gasteiger partial charge in [0.15, 0.2) is 5.82 Å². The van der Waals surface area contributed by atoms with E-state index >= 15 is 0 Å². The SMILES string of the molecule is O=[N+]([O-])c1cccc(F)c1OC1CNC1. The van der Waals surface area contributed by atoms with Gasteiger partial charge in [0, 0.05) is 19.2 Å². The van der Waals surface area contributed by atoms with E-state index in [4.69, 9.17) is 4.74 Å². The van der Waals surface area contributed by atoms with Crippen LogP contribution in [0.25, 0.3) is 0 Å². The first-order valence-electron chi connectivity index (χ1n) is 4.49. The maximum atomic E-state index is 13.3. The van der Waals surface area contributed by atoms with E-state index in [0.717, 1.165) is 6.07 Å². The van der Waals surface area contributed by atoms with Crippen LogP contribution in [0.1, 0.15) is 0 Å². The van der Waals surface area contributed by atoms with Crippen molar-refractivity contribution in [1.29, 1.82) is 0 Å². The van der Waals surface area contributed by atoms with Gasteiger partial charge in [0.1, 0.15) is 6.10 Å². The van der Waals surface area contributed by atoms with Crippen LogP contribution in [0.5, 0.6) is 5.75 Å². The molecule has 0 aromatic heterocycles. The first-order chi connectivity index (χ1) is 7.18. The highest BCUT2D eigenvalue weighted by molar-refractivity contribution is 5.47. The third-order valence-electron chi connectivity index (χ3n) is 2.17. The molecule has 1 aliphatic rings. The summed E-state index contributed by atoms with van der Waals surface area (Å²) in [6, 6.07) is 3.66. The van der Waals surface area contributed by atoms with Gasteiger partial charge in [0.25, 0.3) is 0 Å². The van der Waals surface area contributed by atoms with Gasteiger partial charge < -0.3 is 10.1 Å². The molecule has 1 N–H and O–H groups in total. The highest BCUT2D eigenvalue weighted by Crippen LogP contribution is 2.30. The third kappa shape index (κ3) is 1.89. The van der Waals surface area contributed by atoms with Crippen LogP contribution in [-0.2, 0) is 0 Å². The molecule has 1 fully saturated rings. The number of ether oxygens (including phenoxy) is 1. The summed E-state index contributed by atoms with van der Waals surface area (Å²) in [7, 11) is 0. The smallest absolute Gasteiger partial charge is 0.314 e. The van der Waals surface area contributed by atoms with Crippen LogP contribution in [0.15, 0.2) is 18.2 Å². The maximum Gasteiger partial charge on any atom is 0.314 e. The van der Waals surface area contributed by atoms with Crippen molar-refractivity contribution >= 4 is 5.69 Å². The van der Waals surface area contributed by atoms with Gasteiger partial charge in [0.2, 0.25) is 5.75 Å². The van der Waals surface area contributed by atoms with Crippen molar-refractivity contribution < 1.29 is 14.1 Å². The van der Waals surface area contributed by atoms with Gasteiger partial charge in [-0.2, -0.15) is 0 Å². The number of nitro groups is 1. The van der Waals surface area contributed by atoms with Gasteiger partial charge in [-0.25, -0.2) is 4.39 Å². The van der Waals surface area contributed by atoms with Gasteiger partial charge in [-0.05, 0) is 6.07 Å². The molecule has 0 atom stereocenters. The van der Waals surface area contributed by atoms with Crippen molar-refractivity contribution in [2.24, 2.45) is 0 Å². The second-order valence-corrected chi connectivity index (χ2v) is 3.24. The number of nitro benzene ring substituents is 1. The summed E-state index contributed by atoms with van der Waals surface area (Å²) < 4.78 is 18.5. The topological polar surface area (TPSA) is 64.4 Å². The molecule has 6 heteroatoms. The Morgan fingerprint density at radius 1 is 1.53 bits per heavy atom. The molecule has 0 unspecified atom stereocenters. The first kappa shape index (κ1) is 9.85. The van der Waals surface area contributed by atoms with E-state index in [-0.39, 0.29) is 17.5 Å². The van der Waals surface area contributed by atoms with Crippen LogP contribution in [0.3, 0.4) is 0 Å². The Morgan fingerprint density at radius 2 is 2.27 bits per heavy atom. The van der Waals surface area contributed by atoms with Gasteiger partial charge >= 0.3 is 5.69 Å². The summed E-state index contributed by atoms with van der Waals surface area (Å²) in [5, 5.41) is 13.5. The molecule has 1 aromatic carbocycles. The third-order valence-corrected chi connectivity index (χ3v) is 2.17. The molecular formula is C9H9FN2O3. The quantitative estimate of drug-likeness (QED) is 0.601. The molecule has 1 heterocycles. The van der Waals surface area contributed by atoms with Crippen LogP contribution in [-0.4, -0.2) is 24.1 Å². The molecule has 0 saturated carbocycles. The van der Waals surface area contributed by atoms with Crippen molar-refractivity contribution in [1.82, 2.24) is 5.32 Å². The number of nitrogens with zero attached hydrogens (tertiary/aromatic N) is 1. The second-order valence-electron chi connectivity index (χ2n) is 3.24. The molecule has 0 radical (unpaired) electrons. The van der Waals surface area contributed by atoms with Gasteiger partial charge in [-0.1, -0.05) is 6.07 Å². The summed E-state index contributed by atoms with van der Waals surface area (Å²) in [6.45, 7) is 1.18. The van der Waals surface area contributed by atoms with E-state index in [0.29, 0.717) is 13.1 Å². The molecule has 1 aliphatic heterocycles. The fourth-order valence-electron chi connectivity index (χ4n) is 1.27. The molecule has 1 saturated heterocycles. The van der Waals surface area contributed by atoms with Crippen molar-refractivity contribution in [2.45, 2.75) is 6.10 Å². The molecular weight excluding hydrogens is 203 g/mol. The Kier molecular flexibility index (Phi) is 2.51. The lowest BCUT2D eigenvalue weighted by atomic mass is 10.2. The van der Waals surface area contributed by atoms with E-state index in [1.807, 2.05) is 0 Å². The number of benzene rings is 1. The minimum atomic E-state index is -0.698. The average molecular weight is 212 g/mol. The average Bonchev–Trinajstić information content (AvgIpc) is 2.12. The zero-order valence-electron chi connectivity index (χ0n) is 7.77. The Bertz CT molecular complexity index is 393. The maximum absolute atomic E-state index is 13.3. The normalized spacial score (nSPS) is 15.8. The largest absolute Gasteiger partial charge is 0.479 e. The van der Waals surface area contributed by atoms with Gasteiger partial charge in [-0.15, -0.1) is 0 Å². The van der Waals surface area contributed by atoms with Crippen LogP contribution >= 0.6 is 0 Å². The van der Waals surface area contributed by atoms with Crippen LogP contribution in [0, 0.1) is 15.9 Å². The second kappa shape index (κ2) is 3.82. The number of hydrogen-bond donors (Lipinski definition) is 1. The highest BCUT2D eigenvalue weighted by Gasteiger charge is 2.25. The van der Waals surface area contributed by atoms with Crippen molar-refractivity contribution in [3.05, 3.63) is 34.1 Å². The zero-order chi connectivity index (χ0) is 10.8. The molecule has 0 aliphatic carbocycles. The summed E-state index contributed by atoms with van der Waals surface area (Å²) in [5.74, 6) is -0.967. The molecule has 15 heavy (non-hydrogen) atoms. The minimum Gasteiger partial charge on any atom is -0.479 e. The zero-order valence-corrected chi connectivity index (χ0v) is 7.77. The number of para-hydroxylation sites is 1. The lowest BCUT2D eigenvalue weighted by Crippen LogP contribution is -2.50. The molecule has 5 nitrogen and oxygen atoms in total. The summed E-state index contributed by atoms with van der Waals surface area (Å²) >= 11 is 0. The lowest BCUT2D eigenvalue weighted by Gasteiger charge is -2.27. The fraction of sp³-hybridized carbons (Fsp3) is 0.333. The van der Waals surface area contributed by atoms with Crippen molar-refractivity contribution in [3.8, 4) is 5.75 Å². The number of rotatable bonds is 3. The molecule has 80 valence electrons. The Morgan fingerprint density at radius 3 is 2.80 bits per heavy atom. The number of halogens is 1. The monoisotopic (exact) mass is 212 g/mol. The molecule has 0 bridgehead atoms. The van der Waals surface area contributed by atoms with E-state index in [1.165, 1.54) is 12.1 Å². The predicted octanol–water partition coefficient (Wildman–Crippen LogP) is 1.08. The molecule has 1 aromatic rings. The van der Waals surface area contributed by atoms with E-state index in [2.05, 4.69) is 5.32 Å². The molecule has 2 rings (SSSR count). The molecule has 0 spiro atoms. The number of hydrogen-bond acceptors (Lipinski definition) is 4. The minimum absolute atomic E-state index is 0.180. The molecule has 0 amide bonds. The fourth-order valence-corrected chi connectivity index (χ4v) is 1.27. The Labute approximate surface area is 85.0 Å². The highest BCUT2D eigenvalue weighted by atomic mass is 19.1. The summed E-state index contributed by atoms with van der Waals surface area (Å²) in [6.07, 6.45) is -0.180. The van der Waals surface area contributed by atoms with Crippen LogP contribution in [0.2, 0.25) is 0 Å². The van der Waals surface area contributed by atoms with E-state index in [9.17, 15) is 14.5 Å². The Balaban J connectivity index is 2.29. The Hall–Kier alpha value is -1.69. The van der Waals surface area contributed by atoms with Gasteiger partial charge in [0.05, 0.1) is 4.92 Å². The standard InChI is InChI=1S/C9H9FN2O3/c10-7-2-1-3-8(12(13)14)9(7)15-6-4-11-5-6/h1-3,6,11H,4-5H2. The van der Waals surface area contributed by atoms with Crippen molar-refractivity contribution in [3.63, 3.8) is 0 Å². The van der Waals surface area contributed by atoms with Crippen LogP contribution < -0.4 is 10.1 Å². The van der Waals surface area contributed by atoms with E-state index < -0.39 is 10.7 Å². The summed E-state index contributed by atoms with van der Waals surface area (Å²) in [4.78, 5) is 9.96. The van der Waals surface area contributed by atoms with Gasteiger partial charge in [-0.3, -0.25) is 10.1 Å². The van der Waals surface area contributed by atoms with E-state index in [1.54, 1.807) is 0 Å². The first-order valence-corrected chi connectivity index (χ1v) is 4.49. The number of nitrogens with one attached hydrogen (secondary N) is 1. The summed E-state index contributed by atoms with van der Waals surface area (Å²) in [5.41, 5.74) is -0.332. The van der Waals surface area contributed by atoms with Crippen LogP contribution in [0.4, 0.5) is 10.1 Å².